The number of hydrogen-bond donors (Lipinski definition) is 2. The lowest BCUT2D eigenvalue weighted by Crippen LogP contribution is -2.37. The van der Waals surface area contributed by atoms with Crippen molar-refractivity contribution in [1.82, 2.24) is 4.90 Å². The van der Waals surface area contributed by atoms with Gasteiger partial charge in [-0.3, -0.25) is 20.8 Å². The fraction of sp³-hybridized carbons (Fsp3) is 0.364. The average molecular weight is 317 g/mol. The maximum Gasteiger partial charge on any atom is 0.295 e. The number of carbonyl (C=O) groups excluding carboxylic acids is 1. The van der Waals surface area contributed by atoms with Gasteiger partial charge in [0, 0.05) is 36.2 Å². The molecule has 0 bridgehead atoms. The van der Waals surface area contributed by atoms with Gasteiger partial charge in [0.2, 0.25) is 0 Å². The van der Waals surface area contributed by atoms with E-state index in [1.165, 1.54) is 12.1 Å². The number of nitrogen functional groups attached to an aromatic ring is 1. The van der Waals surface area contributed by atoms with Crippen LogP contribution in [0.2, 0.25) is 5.02 Å². The van der Waals surface area contributed by atoms with Gasteiger partial charge in [-0.25, -0.2) is 0 Å². The Labute approximate surface area is 124 Å². The molecule has 7 nitrogen and oxygen atoms in total. The van der Waals surface area contributed by atoms with Crippen LogP contribution in [0.3, 0.4) is 0 Å². The zero-order chi connectivity index (χ0) is 14.7. The molecule has 1 heterocycles. The first-order valence-corrected chi connectivity index (χ1v) is 7.39. The highest BCUT2D eigenvalue weighted by Gasteiger charge is 2.24. The smallest absolute Gasteiger partial charge is 0.295 e. The van der Waals surface area contributed by atoms with Crippen LogP contribution in [0.1, 0.15) is 10.4 Å². The van der Waals surface area contributed by atoms with Crippen LogP contribution in [-0.4, -0.2) is 40.3 Å². The minimum atomic E-state index is -0.621. The molecule has 0 radical (unpaired) electrons. The van der Waals surface area contributed by atoms with E-state index in [1.807, 2.05) is 0 Å². The number of nitrogens with one attached hydrogen (secondary N) is 1. The van der Waals surface area contributed by atoms with Crippen molar-refractivity contribution < 1.29 is 9.72 Å². The quantitative estimate of drug-likeness (QED) is 0.500. The second kappa shape index (κ2) is 6.29. The van der Waals surface area contributed by atoms with Crippen LogP contribution in [0.5, 0.6) is 0 Å². The molecular formula is C11H13ClN4O3S. The minimum Gasteiger partial charge on any atom is -0.337 e. The summed E-state index contributed by atoms with van der Waals surface area (Å²) in [7, 11) is 0. The van der Waals surface area contributed by atoms with Gasteiger partial charge < -0.3 is 10.3 Å². The lowest BCUT2D eigenvalue weighted by molar-refractivity contribution is -0.384. The van der Waals surface area contributed by atoms with Crippen LogP contribution in [0, 0.1) is 10.1 Å². The third kappa shape index (κ3) is 2.97. The first kappa shape index (κ1) is 14.9. The third-order valence-corrected chi connectivity index (χ3v) is 4.20. The first-order valence-electron chi connectivity index (χ1n) is 5.86. The molecule has 1 fully saturated rings. The molecule has 0 aliphatic carbocycles. The first-order chi connectivity index (χ1) is 9.54. The maximum absolute atomic E-state index is 12.3. The molecule has 20 heavy (non-hydrogen) atoms. The topological polar surface area (TPSA) is 102 Å². The van der Waals surface area contributed by atoms with E-state index in [0.29, 0.717) is 13.1 Å². The highest BCUT2D eigenvalue weighted by molar-refractivity contribution is 7.99. The van der Waals surface area contributed by atoms with Gasteiger partial charge >= 0.3 is 0 Å². The fourth-order valence-electron chi connectivity index (χ4n) is 1.95. The van der Waals surface area contributed by atoms with Crippen LogP contribution in [0.25, 0.3) is 0 Å². The summed E-state index contributed by atoms with van der Waals surface area (Å²) in [6, 6.07) is 2.60. The average Bonchev–Trinajstić information content (AvgIpc) is 2.46. The molecule has 0 atom stereocenters. The summed E-state index contributed by atoms with van der Waals surface area (Å²) in [4.78, 5) is 24.4. The van der Waals surface area contributed by atoms with Gasteiger partial charge in [-0.15, -0.1) is 0 Å². The molecule has 1 aromatic carbocycles. The number of amides is 1. The molecule has 1 aliphatic heterocycles. The zero-order valence-corrected chi connectivity index (χ0v) is 12.0. The molecule has 1 saturated heterocycles. The van der Waals surface area contributed by atoms with Crippen molar-refractivity contribution in [3.63, 3.8) is 0 Å². The number of hydrogen-bond acceptors (Lipinski definition) is 6. The summed E-state index contributed by atoms with van der Waals surface area (Å²) in [5.41, 5.74) is 2.08. The number of anilines is 1. The van der Waals surface area contributed by atoms with Crippen LogP contribution < -0.4 is 11.3 Å². The van der Waals surface area contributed by atoms with Crippen molar-refractivity contribution in [2.24, 2.45) is 5.84 Å². The van der Waals surface area contributed by atoms with E-state index in [1.54, 1.807) is 16.7 Å². The van der Waals surface area contributed by atoms with Crippen molar-refractivity contribution in [2.75, 3.05) is 30.0 Å². The monoisotopic (exact) mass is 316 g/mol. The molecule has 9 heteroatoms. The van der Waals surface area contributed by atoms with Gasteiger partial charge in [-0.05, 0) is 6.07 Å². The second-order valence-corrected chi connectivity index (χ2v) is 5.79. The third-order valence-electron chi connectivity index (χ3n) is 2.96. The molecule has 108 valence electrons. The number of benzene rings is 1. The van der Waals surface area contributed by atoms with E-state index in [4.69, 9.17) is 17.4 Å². The van der Waals surface area contributed by atoms with Crippen LogP contribution >= 0.6 is 23.4 Å². The van der Waals surface area contributed by atoms with E-state index in [2.05, 4.69) is 5.43 Å². The Morgan fingerprint density at radius 2 is 2.10 bits per heavy atom. The number of hydrazine groups is 1. The SMILES string of the molecule is NNc1c(Cl)cc(C(=O)N2CCSCC2)cc1[N+](=O)[O-]. The second-order valence-electron chi connectivity index (χ2n) is 4.16. The summed E-state index contributed by atoms with van der Waals surface area (Å²) < 4.78 is 0. The van der Waals surface area contributed by atoms with Gasteiger partial charge in [0.15, 0.2) is 0 Å². The Balaban J connectivity index is 2.36. The Kier molecular flexibility index (Phi) is 4.69. The van der Waals surface area contributed by atoms with Crippen LogP contribution in [0.4, 0.5) is 11.4 Å². The zero-order valence-electron chi connectivity index (χ0n) is 10.5. The number of rotatable bonds is 3. The van der Waals surface area contributed by atoms with E-state index in [-0.39, 0.29) is 27.9 Å². The molecular weight excluding hydrogens is 304 g/mol. The molecule has 0 aromatic heterocycles. The normalized spacial score (nSPS) is 15.0. The summed E-state index contributed by atoms with van der Waals surface area (Å²) in [6.07, 6.45) is 0. The molecule has 1 aromatic rings. The molecule has 2 rings (SSSR count). The summed E-state index contributed by atoms with van der Waals surface area (Å²) >= 11 is 7.71. The number of thioether (sulfide) groups is 1. The van der Waals surface area contributed by atoms with E-state index >= 15 is 0 Å². The predicted octanol–water partition coefficient (Wildman–Crippen LogP) is 1.72. The molecule has 0 spiro atoms. The fourth-order valence-corrected chi connectivity index (χ4v) is 3.12. The number of carbonyl (C=O) groups is 1. The molecule has 0 unspecified atom stereocenters. The van der Waals surface area contributed by atoms with Crippen molar-refractivity contribution in [1.29, 1.82) is 0 Å². The lowest BCUT2D eigenvalue weighted by Gasteiger charge is -2.26. The number of nitrogens with zero attached hydrogens (tertiary/aromatic N) is 2. The standard InChI is InChI=1S/C11H13ClN4O3S/c12-8-5-7(6-9(16(18)19)10(8)14-13)11(17)15-1-3-20-4-2-15/h5-6,14H,1-4,13H2. The van der Waals surface area contributed by atoms with Crippen molar-refractivity contribution in [3.8, 4) is 0 Å². The van der Waals surface area contributed by atoms with Crippen molar-refractivity contribution >= 4 is 40.6 Å². The van der Waals surface area contributed by atoms with Crippen molar-refractivity contribution in [3.05, 3.63) is 32.8 Å². The lowest BCUT2D eigenvalue weighted by atomic mass is 10.1. The minimum absolute atomic E-state index is 0.00224. The Hall–Kier alpha value is -1.51. The summed E-state index contributed by atoms with van der Waals surface area (Å²) in [5, 5.41) is 11.1. The van der Waals surface area contributed by atoms with Gasteiger partial charge in [0.05, 0.1) is 9.95 Å². The van der Waals surface area contributed by atoms with Crippen LogP contribution in [-0.2, 0) is 0 Å². The molecule has 3 N–H and O–H groups in total. The highest BCUT2D eigenvalue weighted by atomic mass is 35.5. The van der Waals surface area contributed by atoms with Crippen molar-refractivity contribution in [2.45, 2.75) is 0 Å². The van der Waals surface area contributed by atoms with Gasteiger partial charge in [-0.2, -0.15) is 11.8 Å². The Bertz CT molecular complexity index is 549. The number of nitro benzene ring substituents is 1. The maximum atomic E-state index is 12.3. The summed E-state index contributed by atoms with van der Waals surface area (Å²) in [6.45, 7) is 1.26. The Morgan fingerprint density at radius 1 is 1.45 bits per heavy atom. The van der Waals surface area contributed by atoms with E-state index < -0.39 is 4.92 Å². The number of nitrogens with two attached hydrogens (primary N) is 1. The number of nitro groups is 1. The molecule has 0 saturated carbocycles. The van der Waals surface area contributed by atoms with Gasteiger partial charge in [0.25, 0.3) is 11.6 Å². The van der Waals surface area contributed by atoms with E-state index in [0.717, 1.165) is 11.5 Å². The largest absolute Gasteiger partial charge is 0.337 e. The number of halogens is 1. The molecule has 1 amide bonds. The highest BCUT2D eigenvalue weighted by Crippen LogP contribution is 2.33. The van der Waals surface area contributed by atoms with Gasteiger partial charge in [0.1, 0.15) is 5.69 Å². The summed E-state index contributed by atoms with van der Waals surface area (Å²) in [5.74, 6) is 6.70. The van der Waals surface area contributed by atoms with Crippen LogP contribution in [0.15, 0.2) is 12.1 Å². The van der Waals surface area contributed by atoms with E-state index in [9.17, 15) is 14.9 Å². The predicted molar refractivity (Wildman–Crippen MR) is 79.1 cm³/mol. The van der Waals surface area contributed by atoms with Gasteiger partial charge in [-0.1, -0.05) is 11.6 Å². The molecule has 1 aliphatic rings. The Morgan fingerprint density at radius 3 is 2.65 bits per heavy atom.